The van der Waals surface area contributed by atoms with Gasteiger partial charge in [0.15, 0.2) is 0 Å². The van der Waals surface area contributed by atoms with E-state index in [1.807, 2.05) is 26.1 Å². The van der Waals surface area contributed by atoms with Crippen molar-refractivity contribution in [3.63, 3.8) is 0 Å². The Hall–Kier alpha value is -0.940. The Kier molecular flexibility index (Phi) is 4.35. The van der Waals surface area contributed by atoms with Crippen molar-refractivity contribution in [3.05, 3.63) is 28.0 Å². The van der Waals surface area contributed by atoms with Gasteiger partial charge in [-0.15, -0.1) is 0 Å². The Labute approximate surface area is 115 Å². The van der Waals surface area contributed by atoms with E-state index in [0.29, 0.717) is 6.61 Å². The molecule has 2 heterocycles. The van der Waals surface area contributed by atoms with Crippen LogP contribution in [-0.4, -0.2) is 35.0 Å². The molecule has 0 aromatic carbocycles. The third kappa shape index (κ3) is 2.72. The monoisotopic (exact) mass is 312 g/mol. The van der Waals surface area contributed by atoms with Crippen molar-refractivity contribution >= 4 is 21.9 Å². The summed E-state index contributed by atoms with van der Waals surface area (Å²) in [4.78, 5) is 18.3. The van der Waals surface area contributed by atoms with Crippen LogP contribution in [0.5, 0.6) is 0 Å². The lowest BCUT2D eigenvalue weighted by Gasteiger charge is -2.32. The first-order valence-corrected chi connectivity index (χ1v) is 6.95. The SMILES string of the molecule is CCOC(=O)C(C)N1CCc2nccc(Br)c2C1. The highest BCUT2D eigenvalue weighted by Gasteiger charge is 2.27. The van der Waals surface area contributed by atoms with Gasteiger partial charge in [-0.2, -0.15) is 0 Å². The first-order valence-electron chi connectivity index (χ1n) is 6.16. The zero-order valence-electron chi connectivity index (χ0n) is 10.6. The van der Waals surface area contributed by atoms with Gasteiger partial charge in [-0.3, -0.25) is 14.7 Å². The van der Waals surface area contributed by atoms with Crippen LogP contribution in [0.2, 0.25) is 0 Å². The van der Waals surface area contributed by atoms with Crippen molar-refractivity contribution in [2.75, 3.05) is 13.2 Å². The number of carbonyl (C=O) groups excluding carboxylic acids is 1. The Morgan fingerprint density at radius 2 is 2.44 bits per heavy atom. The van der Waals surface area contributed by atoms with Crippen molar-refractivity contribution < 1.29 is 9.53 Å². The van der Waals surface area contributed by atoms with Crippen LogP contribution in [0.25, 0.3) is 0 Å². The average molecular weight is 313 g/mol. The van der Waals surface area contributed by atoms with Crippen LogP contribution in [0.1, 0.15) is 25.1 Å². The summed E-state index contributed by atoms with van der Waals surface area (Å²) in [5.74, 6) is -0.152. The van der Waals surface area contributed by atoms with Crippen LogP contribution in [-0.2, 0) is 22.5 Å². The molecule has 1 aromatic heterocycles. The highest BCUT2D eigenvalue weighted by Crippen LogP contribution is 2.26. The number of fused-ring (bicyclic) bond motifs is 1. The number of carbonyl (C=O) groups is 1. The fraction of sp³-hybridized carbons (Fsp3) is 0.538. The van der Waals surface area contributed by atoms with Gasteiger partial charge < -0.3 is 4.74 Å². The van der Waals surface area contributed by atoms with Gasteiger partial charge in [0.05, 0.1) is 6.61 Å². The number of halogens is 1. The van der Waals surface area contributed by atoms with Crippen molar-refractivity contribution in [1.82, 2.24) is 9.88 Å². The smallest absolute Gasteiger partial charge is 0.323 e. The molecule has 4 nitrogen and oxygen atoms in total. The van der Waals surface area contributed by atoms with Gasteiger partial charge in [0.2, 0.25) is 0 Å². The predicted molar refractivity (Wildman–Crippen MR) is 72.1 cm³/mol. The second-order valence-corrected chi connectivity index (χ2v) is 5.22. The zero-order valence-corrected chi connectivity index (χ0v) is 12.2. The van der Waals surface area contributed by atoms with Crippen molar-refractivity contribution in [1.29, 1.82) is 0 Å². The lowest BCUT2D eigenvalue weighted by Crippen LogP contribution is -2.43. The van der Waals surface area contributed by atoms with Crippen LogP contribution in [0.3, 0.4) is 0 Å². The molecule has 5 heteroatoms. The van der Waals surface area contributed by atoms with Crippen LogP contribution in [0, 0.1) is 0 Å². The first-order chi connectivity index (χ1) is 8.63. The molecule has 0 saturated heterocycles. The topological polar surface area (TPSA) is 42.4 Å². The summed E-state index contributed by atoms with van der Waals surface area (Å²) in [5, 5.41) is 0. The van der Waals surface area contributed by atoms with Crippen molar-refractivity contribution in [3.8, 4) is 0 Å². The first kappa shape index (κ1) is 13.5. The second-order valence-electron chi connectivity index (χ2n) is 4.37. The number of ether oxygens (including phenoxy) is 1. The minimum atomic E-state index is -0.204. The normalized spacial score (nSPS) is 17.1. The predicted octanol–water partition coefficient (Wildman–Crippen LogP) is 2.15. The Bertz CT molecular complexity index is 451. The minimum Gasteiger partial charge on any atom is -0.465 e. The Morgan fingerprint density at radius 3 is 3.17 bits per heavy atom. The molecular weight excluding hydrogens is 296 g/mol. The van der Waals surface area contributed by atoms with E-state index in [0.717, 1.165) is 29.7 Å². The molecule has 18 heavy (non-hydrogen) atoms. The molecule has 0 bridgehead atoms. The van der Waals surface area contributed by atoms with E-state index in [-0.39, 0.29) is 12.0 Å². The molecule has 98 valence electrons. The molecule has 1 atom stereocenters. The minimum absolute atomic E-state index is 0.152. The summed E-state index contributed by atoms with van der Waals surface area (Å²) in [6.07, 6.45) is 2.69. The highest BCUT2D eigenvalue weighted by atomic mass is 79.9. The van der Waals surface area contributed by atoms with Gasteiger partial charge in [-0.25, -0.2) is 0 Å². The summed E-state index contributed by atoms with van der Waals surface area (Å²) in [6, 6.07) is 1.74. The standard InChI is InChI=1S/C13H17BrN2O2/c1-3-18-13(17)9(2)16-7-5-12-10(8-16)11(14)4-6-15-12/h4,6,9H,3,5,7-8H2,1-2H3. The van der Waals surface area contributed by atoms with E-state index in [1.165, 1.54) is 5.56 Å². The third-order valence-corrected chi connectivity index (χ3v) is 4.00. The van der Waals surface area contributed by atoms with Gasteiger partial charge >= 0.3 is 5.97 Å². The summed E-state index contributed by atoms with van der Waals surface area (Å²) in [5.41, 5.74) is 2.30. The molecular formula is C13H17BrN2O2. The van der Waals surface area contributed by atoms with Gasteiger partial charge in [-0.05, 0) is 19.9 Å². The molecule has 2 rings (SSSR count). The molecule has 0 amide bonds. The molecule has 0 fully saturated rings. The molecule has 0 N–H and O–H groups in total. The van der Waals surface area contributed by atoms with E-state index in [2.05, 4.69) is 25.8 Å². The van der Waals surface area contributed by atoms with E-state index in [9.17, 15) is 4.79 Å². The highest BCUT2D eigenvalue weighted by molar-refractivity contribution is 9.10. The molecule has 1 unspecified atom stereocenters. The fourth-order valence-electron chi connectivity index (χ4n) is 2.17. The maximum absolute atomic E-state index is 11.7. The Morgan fingerprint density at radius 1 is 1.67 bits per heavy atom. The van der Waals surface area contributed by atoms with E-state index in [1.54, 1.807) is 0 Å². The number of hydrogen-bond acceptors (Lipinski definition) is 4. The lowest BCUT2D eigenvalue weighted by molar-refractivity contribution is -0.149. The molecule has 1 aliphatic heterocycles. The summed E-state index contributed by atoms with van der Waals surface area (Å²) >= 11 is 3.54. The van der Waals surface area contributed by atoms with E-state index >= 15 is 0 Å². The summed E-state index contributed by atoms with van der Waals surface area (Å²) in [6.45, 7) is 5.74. The maximum atomic E-state index is 11.7. The van der Waals surface area contributed by atoms with E-state index in [4.69, 9.17) is 4.74 Å². The second kappa shape index (κ2) is 5.80. The van der Waals surface area contributed by atoms with Gasteiger partial charge in [0, 0.05) is 41.4 Å². The number of rotatable bonds is 3. The van der Waals surface area contributed by atoms with Gasteiger partial charge in [0.1, 0.15) is 6.04 Å². The number of aromatic nitrogens is 1. The molecule has 1 aromatic rings. The molecule has 0 radical (unpaired) electrons. The number of esters is 1. The average Bonchev–Trinajstić information content (AvgIpc) is 2.38. The summed E-state index contributed by atoms with van der Waals surface area (Å²) in [7, 11) is 0. The number of pyridine rings is 1. The lowest BCUT2D eigenvalue weighted by atomic mass is 10.0. The maximum Gasteiger partial charge on any atom is 0.323 e. The molecule has 0 saturated carbocycles. The van der Waals surface area contributed by atoms with Crippen LogP contribution in [0.15, 0.2) is 16.7 Å². The van der Waals surface area contributed by atoms with Gasteiger partial charge in [-0.1, -0.05) is 15.9 Å². The van der Waals surface area contributed by atoms with Crippen LogP contribution < -0.4 is 0 Å². The van der Waals surface area contributed by atoms with Gasteiger partial charge in [0.25, 0.3) is 0 Å². The summed E-state index contributed by atoms with van der Waals surface area (Å²) < 4.78 is 6.13. The van der Waals surface area contributed by atoms with Crippen LogP contribution >= 0.6 is 15.9 Å². The van der Waals surface area contributed by atoms with E-state index < -0.39 is 0 Å². The third-order valence-electron chi connectivity index (χ3n) is 3.26. The number of hydrogen-bond donors (Lipinski definition) is 0. The molecule has 1 aliphatic rings. The molecule has 0 spiro atoms. The molecule has 0 aliphatic carbocycles. The quantitative estimate of drug-likeness (QED) is 0.802. The van der Waals surface area contributed by atoms with Crippen molar-refractivity contribution in [2.45, 2.75) is 32.9 Å². The Balaban J connectivity index is 2.12. The van der Waals surface area contributed by atoms with Crippen LogP contribution in [0.4, 0.5) is 0 Å². The fourth-order valence-corrected chi connectivity index (χ4v) is 2.64. The van der Waals surface area contributed by atoms with Crippen molar-refractivity contribution in [2.24, 2.45) is 0 Å². The largest absolute Gasteiger partial charge is 0.465 e. The number of nitrogens with zero attached hydrogens (tertiary/aromatic N) is 2. The zero-order chi connectivity index (χ0) is 13.1.